The first kappa shape index (κ1) is 14.6. The Morgan fingerprint density at radius 1 is 0.950 bits per heavy atom. The molecule has 0 bridgehead atoms. The molecule has 3 nitrogen and oxygen atoms in total. The van der Waals surface area contributed by atoms with Crippen LogP contribution >= 0.6 is 0 Å². The van der Waals surface area contributed by atoms with Crippen LogP contribution in [0.1, 0.15) is 33.9 Å². The maximum Gasteiger partial charge on any atom is 0.122 e. The van der Waals surface area contributed by atoms with E-state index in [0.29, 0.717) is 0 Å². The van der Waals surface area contributed by atoms with Crippen LogP contribution in [0.5, 0.6) is 5.75 Å². The first-order valence-electron chi connectivity index (χ1n) is 6.74. The van der Waals surface area contributed by atoms with Crippen LogP contribution in [0.4, 0.5) is 0 Å². The van der Waals surface area contributed by atoms with Crippen molar-refractivity contribution >= 4 is 0 Å². The van der Waals surface area contributed by atoms with Gasteiger partial charge in [0.2, 0.25) is 0 Å². The second kappa shape index (κ2) is 6.07. The molecule has 3 heteroatoms. The Morgan fingerprint density at radius 3 is 2.15 bits per heavy atom. The number of ether oxygens (including phenoxy) is 1. The molecule has 0 fully saturated rings. The van der Waals surface area contributed by atoms with E-state index in [1.54, 1.807) is 7.11 Å². The molecule has 0 aliphatic heterocycles. The van der Waals surface area contributed by atoms with Gasteiger partial charge in [0.15, 0.2) is 0 Å². The molecule has 0 saturated heterocycles. The van der Waals surface area contributed by atoms with Crippen molar-refractivity contribution < 1.29 is 4.74 Å². The van der Waals surface area contributed by atoms with Gasteiger partial charge in [-0.05, 0) is 43.5 Å². The van der Waals surface area contributed by atoms with Crippen LogP contribution in [-0.4, -0.2) is 7.11 Å². The molecule has 2 aromatic rings. The summed E-state index contributed by atoms with van der Waals surface area (Å²) >= 11 is 0. The summed E-state index contributed by atoms with van der Waals surface area (Å²) in [5.74, 6) is 6.66. The topological polar surface area (TPSA) is 47.3 Å². The number of hydrazine groups is 1. The molecule has 1 unspecified atom stereocenters. The van der Waals surface area contributed by atoms with E-state index in [1.165, 1.54) is 11.1 Å². The molecule has 3 N–H and O–H groups in total. The summed E-state index contributed by atoms with van der Waals surface area (Å²) in [5.41, 5.74) is 8.75. The Bertz CT molecular complexity index is 588. The van der Waals surface area contributed by atoms with Gasteiger partial charge in [-0.2, -0.15) is 0 Å². The molecule has 2 aromatic carbocycles. The molecule has 0 aromatic heterocycles. The number of methoxy groups -OCH3 is 1. The van der Waals surface area contributed by atoms with Gasteiger partial charge in [-0.15, -0.1) is 0 Å². The van der Waals surface area contributed by atoms with E-state index < -0.39 is 0 Å². The predicted molar refractivity (Wildman–Crippen MR) is 82.8 cm³/mol. The summed E-state index contributed by atoms with van der Waals surface area (Å²) in [4.78, 5) is 0. The zero-order valence-electron chi connectivity index (χ0n) is 12.5. The van der Waals surface area contributed by atoms with Crippen molar-refractivity contribution in [1.29, 1.82) is 0 Å². The minimum Gasteiger partial charge on any atom is -0.496 e. The maximum absolute atomic E-state index is 5.78. The quantitative estimate of drug-likeness (QED) is 0.662. The number of rotatable bonds is 4. The normalized spacial score (nSPS) is 12.2. The first-order chi connectivity index (χ1) is 9.55. The lowest BCUT2D eigenvalue weighted by atomic mass is 9.95. The van der Waals surface area contributed by atoms with Gasteiger partial charge in [-0.25, -0.2) is 5.43 Å². The SMILES string of the molecule is COc1cc(C(NN)c2cc(C)cc(C)c2)ccc1C. The average molecular weight is 270 g/mol. The van der Waals surface area contributed by atoms with Crippen LogP contribution in [-0.2, 0) is 0 Å². The number of nitrogens with two attached hydrogens (primary N) is 1. The Labute approximate surface area is 120 Å². The number of benzene rings is 2. The van der Waals surface area contributed by atoms with E-state index in [1.807, 2.05) is 13.0 Å². The van der Waals surface area contributed by atoms with E-state index in [4.69, 9.17) is 10.6 Å². The van der Waals surface area contributed by atoms with Gasteiger partial charge in [0.1, 0.15) is 5.75 Å². The number of hydrogen-bond acceptors (Lipinski definition) is 3. The van der Waals surface area contributed by atoms with E-state index in [-0.39, 0.29) is 6.04 Å². The summed E-state index contributed by atoms with van der Waals surface area (Å²) in [7, 11) is 1.69. The van der Waals surface area contributed by atoms with Gasteiger partial charge in [-0.3, -0.25) is 5.84 Å². The van der Waals surface area contributed by atoms with Crippen LogP contribution in [0, 0.1) is 20.8 Å². The monoisotopic (exact) mass is 270 g/mol. The molecule has 106 valence electrons. The van der Waals surface area contributed by atoms with Gasteiger partial charge in [0.25, 0.3) is 0 Å². The molecular formula is C17H22N2O. The molecule has 0 aliphatic carbocycles. The fraction of sp³-hybridized carbons (Fsp3) is 0.294. The minimum atomic E-state index is -0.0388. The van der Waals surface area contributed by atoms with Crippen molar-refractivity contribution in [1.82, 2.24) is 5.43 Å². The van der Waals surface area contributed by atoms with Gasteiger partial charge in [0, 0.05) is 0 Å². The van der Waals surface area contributed by atoms with Crippen molar-refractivity contribution in [3.05, 3.63) is 64.2 Å². The standard InChI is InChI=1S/C17H22N2O/c1-11-7-12(2)9-15(8-11)17(19-18)14-6-5-13(3)16(10-14)20-4/h5-10,17,19H,18H2,1-4H3. The Kier molecular flexibility index (Phi) is 4.42. The predicted octanol–water partition coefficient (Wildman–Crippen LogP) is 3.17. The number of aryl methyl sites for hydroxylation is 3. The first-order valence-corrected chi connectivity index (χ1v) is 6.74. The molecular weight excluding hydrogens is 248 g/mol. The molecule has 0 amide bonds. The van der Waals surface area contributed by atoms with Crippen molar-refractivity contribution in [2.24, 2.45) is 5.84 Å². The maximum atomic E-state index is 5.78. The second-order valence-electron chi connectivity index (χ2n) is 5.25. The lowest BCUT2D eigenvalue weighted by Gasteiger charge is -2.19. The Balaban J connectivity index is 2.46. The van der Waals surface area contributed by atoms with Crippen molar-refractivity contribution in [2.75, 3.05) is 7.11 Å². The highest BCUT2D eigenvalue weighted by molar-refractivity contribution is 5.42. The highest BCUT2D eigenvalue weighted by Gasteiger charge is 2.14. The highest BCUT2D eigenvalue weighted by Crippen LogP contribution is 2.28. The average Bonchev–Trinajstić information content (AvgIpc) is 2.40. The molecule has 0 aliphatic rings. The summed E-state index contributed by atoms with van der Waals surface area (Å²) in [5, 5.41) is 0. The van der Waals surface area contributed by atoms with E-state index in [2.05, 4.69) is 49.6 Å². The number of hydrogen-bond donors (Lipinski definition) is 2. The van der Waals surface area contributed by atoms with Crippen LogP contribution in [0.25, 0.3) is 0 Å². The van der Waals surface area contributed by atoms with Crippen LogP contribution in [0.3, 0.4) is 0 Å². The highest BCUT2D eigenvalue weighted by atomic mass is 16.5. The van der Waals surface area contributed by atoms with E-state index in [0.717, 1.165) is 22.4 Å². The molecule has 0 heterocycles. The van der Waals surface area contributed by atoms with Crippen molar-refractivity contribution in [3.63, 3.8) is 0 Å². The fourth-order valence-electron chi connectivity index (χ4n) is 2.58. The van der Waals surface area contributed by atoms with E-state index in [9.17, 15) is 0 Å². The summed E-state index contributed by atoms with van der Waals surface area (Å²) < 4.78 is 5.40. The molecule has 1 atom stereocenters. The summed E-state index contributed by atoms with van der Waals surface area (Å²) in [6.45, 7) is 6.23. The van der Waals surface area contributed by atoms with Gasteiger partial charge < -0.3 is 4.74 Å². The zero-order valence-corrected chi connectivity index (χ0v) is 12.5. The van der Waals surface area contributed by atoms with Gasteiger partial charge in [0.05, 0.1) is 13.2 Å². The van der Waals surface area contributed by atoms with Crippen LogP contribution in [0.15, 0.2) is 36.4 Å². The summed E-state index contributed by atoms with van der Waals surface area (Å²) in [6.07, 6.45) is 0. The molecule has 2 rings (SSSR count). The van der Waals surface area contributed by atoms with Crippen LogP contribution in [0.2, 0.25) is 0 Å². The molecule has 20 heavy (non-hydrogen) atoms. The van der Waals surface area contributed by atoms with Crippen LogP contribution < -0.4 is 16.0 Å². The van der Waals surface area contributed by atoms with Crippen molar-refractivity contribution in [2.45, 2.75) is 26.8 Å². The third kappa shape index (κ3) is 3.00. The smallest absolute Gasteiger partial charge is 0.122 e. The molecule has 0 saturated carbocycles. The van der Waals surface area contributed by atoms with Gasteiger partial charge in [-0.1, -0.05) is 41.5 Å². The molecule has 0 spiro atoms. The Hall–Kier alpha value is -1.84. The largest absolute Gasteiger partial charge is 0.496 e. The van der Waals surface area contributed by atoms with E-state index >= 15 is 0 Å². The van der Waals surface area contributed by atoms with Crippen molar-refractivity contribution in [3.8, 4) is 5.75 Å². The molecule has 0 radical (unpaired) electrons. The third-order valence-corrected chi connectivity index (χ3v) is 3.51. The zero-order chi connectivity index (χ0) is 14.7. The number of nitrogens with one attached hydrogen (secondary N) is 1. The second-order valence-corrected chi connectivity index (χ2v) is 5.25. The lowest BCUT2D eigenvalue weighted by molar-refractivity contribution is 0.410. The van der Waals surface area contributed by atoms with Gasteiger partial charge >= 0.3 is 0 Å². The Morgan fingerprint density at radius 2 is 1.60 bits per heavy atom. The minimum absolute atomic E-state index is 0.0388. The lowest BCUT2D eigenvalue weighted by Crippen LogP contribution is -2.29. The third-order valence-electron chi connectivity index (χ3n) is 3.51. The summed E-state index contributed by atoms with van der Waals surface area (Å²) in [6, 6.07) is 12.6. The fourth-order valence-corrected chi connectivity index (χ4v) is 2.58.